The van der Waals surface area contributed by atoms with Crippen LogP contribution in [0.25, 0.3) is 0 Å². The lowest BCUT2D eigenvalue weighted by Gasteiger charge is -2.07. The molecule has 0 heterocycles. The Morgan fingerprint density at radius 3 is 2.80 bits per heavy atom. The Morgan fingerprint density at radius 1 is 1.53 bits per heavy atom. The molecule has 1 aromatic carbocycles. The van der Waals surface area contributed by atoms with E-state index < -0.39 is 5.97 Å². The highest BCUT2D eigenvalue weighted by molar-refractivity contribution is 5.90. The SMILES string of the molecule is CCOC(=O)c1cc(CO)cc(NN)c1. The van der Waals surface area contributed by atoms with E-state index in [4.69, 9.17) is 15.7 Å². The van der Waals surface area contributed by atoms with Gasteiger partial charge in [0.2, 0.25) is 0 Å². The maximum absolute atomic E-state index is 11.4. The monoisotopic (exact) mass is 210 g/mol. The minimum Gasteiger partial charge on any atom is -0.462 e. The molecule has 0 atom stereocenters. The van der Waals surface area contributed by atoms with E-state index in [1.807, 2.05) is 0 Å². The molecule has 0 spiro atoms. The Bertz CT molecular complexity index is 330. The first kappa shape index (κ1) is 11.5. The zero-order chi connectivity index (χ0) is 11.3. The lowest BCUT2D eigenvalue weighted by atomic mass is 10.1. The van der Waals surface area contributed by atoms with E-state index in [0.717, 1.165) is 0 Å². The second kappa shape index (κ2) is 5.33. The molecule has 0 aliphatic carbocycles. The Kier molecular flexibility index (Phi) is 4.08. The van der Waals surface area contributed by atoms with E-state index in [2.05, 4.69) is 5.43 Å². The molecular formula is C10H14N2O3. The third kappa shape index (κ3) is 2.93. The number of aliphatic hydroxyl groups is 1. The molecule has 1 rings (SSSR count). The second-order valence-electron chi connectivity index (χ2n) is 2.94. The molecule has 5 heteroatoms. The van der Waals surface area contributed by atoms with Crippen molar-refractivity contribution in [3.05, 3.63) is 29.3 Å². The summed E-state index contributed by atoms with van der Waals surface area (Å²) in [6.07, 6.45) is 0. The normalized spacial score (nSPS) is 9.80. The van der Waals surface area contributed by atoms with E-state index in [1.165, 1.54) is 0 Å². The summed E-state index contributed by atoms with van der Waals surface area (Å²) in [6.45, 7) is 1.89. The summed E-state index contributed by atoms with van der Waals surface area (Å²) in [7, 11) is 0. The summed E-state index contributed by atoms with van der Waals surface area (Å²) >= 11 is 0. The molecule has 0 aliphatic rings. The van der Waals surface area contributed by atoms with Gasteiger partial charge in [-0.1, -0.05) is 0 Å². The lowest BCUT2D eigenvalue weighted by Crippen LogP contribution is -2.10. The first-order chi connectivity index (χ1) is 7.21. The first-order valence-electron chi connectivity index (χ1n) is 4.59. The van der Waals surface area contributed by atoms with Crippen molar-refractivity contribution < 1.29 is 14.6 Å². The molecule has 0 radical (unpaired) electrons. The van der Waals surface area contributed by atoms with Crippen LogP contribution in [0.5, 0.6) is 0 Å². The molecule has 0 saturated heterocycles. The number of ether oxygens (including phenoxy) is 1. The number of esters is 1. The van der Waals surface area contributed by atoms with Gasteiger partial charge in [0, 0.05) is 5.69 Å². The number of nitrogens with one attached hydrogen (secondary N) is 1. The van der Waals surface area contributed by atoms with Gasteiger partial charge >= 0.3 is 5.97 Å². The van der Waals surface area contributed by atoms with Gasteiger partial charge in [0.05, 0.1) is 18.8 Å². The highest BCUT2D eigenvalue weighted by atomic mass is 16.5. The van der Waals surface area contributed by atoms with Crippen molar-refractivity contribution in [2.45, 2.75) is 13.5 Å². The van der Waals surface area contributed by atoms with Crippen LogP contribution < -0.4 is 11.3 Å². The van der Waals surface area contributed by atoms with Crippen LogP contribution in [-0.2, 0) is 11.3 Å². The Balaban J connectivity index is 3.01. The molecule has 0 amide bonds. The number of rotatable bonds is 4. The van der Waals surface area contributed by atoms with Crippen LogP contribution in [0.3, 0.4) is 0 Å². The maximum Gasteiger partial charge on any atom is 0.338 e. The second-order valence-corrected chi connectivity index (χ2v) is 2.94. The summed E-state index contributed by atoms with van der Waals surface area (Å²) in [4.78, 5) is 11.4. The number of hydrazine groups is 1. The topological polar surface area (TPSA) is 84.6 Å². The number of anilines is 1. The molecule has 0 unspecified atom stereocenters. The van der Waals surface area contributed by atoms with Crippen LogP contribution in [-0.4, -0.2) is 17.7 Å². The number of benzene rings is 1. The van der Waals surface area contributed by atoms with Crippen LogP contribution in [0.15, 0.2) is 18.2 Å². The minimum atomic E-state index is -0.427. The van der Waals surface area contributed by atoms with Crippen molar-refractivity contribution in [3.63, 3.8) is 0 Å². The Labute approximate surface area is 87.8 Å². The van der Waals surface area contributed by atoms with Crippen LogP contribution in [0, 0.1) is 0 Å². The van der Waals surface area contributed by atoms with E-state index >= 15 is 0 Å². The third-order valence-electron chi connectivity index (χ3n) is 1.85. The molecule has 0 aliphatic heterocycles. The number of hydrogen-bond donors (Lipinski definition) is 3. The zero-order valence-electron chi connectivity index (χ0n) is 8.49. The molecular weight excluding hydrogens is 196 g/mol. The van der Waals surface area contributed by atoms with Gasteiger partial charge in [-0.3, -0.25) is 5.84 Å². The lowest BCUT2D eigenvalue weighted by molar-refractivity contribution is 0.0526. The van der Waals surface area contributed by atoms with Crippen molar-refractivity contribution in [3.8, 4) is 0 Å². The van der Waals surface area contributed by atoms with E-state index in [9.17, 15) is 4.79 Å². The van der Waals surface area contributed by atoms with Crippen LogP contribution >= 0.6 is 0 Å². The highest BCUT2D eigenvalue weighted by Gasteiger charge is 2.08. The van der Waals surface area contributed by atoms with Crippen LogP contribution in [0.4, 0.5) is 5.69 Å². The smallest absolute Gasteiger partial charge is 0.338 e. The van der Waals surface area contributed by atoms with Gasteiger partial charge in [-0.15, -0.1) is 0 Å². The molecule has 15 heavy (non-hydrogen) atoms. The summed E-state index contributed by atoms with van der Waals surface area (Å²) in [5, 5.41) is 8.97. The number of aliphatic hydroxyl groups excluding tert-OH is 1. The van der Waals surface area contributed by atoms with Crippen molar-refractivity contribution >= 4 is 11.7 Å². The predicted octanol–water partition coefficient (Wildman–Crippen LogP) is 0.641. The number of carbonyl (C=O) groups excluding carboxylic acids is 1. The fourth-order valence-corrected chi connectivity index (χ4v) is 1.20. The van der Waals surface area contributed by atoms with Crippen LogP contribution in [0.2, 0.25) is 0 Å². The summed E-state index contributed by atoms with van der Waals surface area (Å²) < 4.78 is 4.84. The number of nitrogen functional groups attached to an aromatic ring is 1. The zero-order valence-corrected chi connectivity index (χ0v) is 8.49. The van der Waals surface area contributed by atoms with Crippen molar-refractivity contribution in [1.82, 2.24) is 0 Å². The summed E-state index contributed by atoms with van der Waals surface area (Å²) in [6, 6.07) is 4.79. The quantitative estimate of drug-likeness (QED) is 0.386. The molecule has 0 aromatic heterocycles. The van der Waals surface area contributed by atoms with E-state index in [-0.39, 0.29) is 6.61 Å². The van der Waals surface area contributed by atoms with Gasteiger partial charge in [0.15, 0.2) is 0 Å². The van der Waals surface area contributed by atoms with Crippen LogP contribution in [0.1, 0.15) is 22.8 Å². The first-order valence-corrected chi connectivity index (χ1v) is 4.59. The van der Waals surface area contributed by atoms with E-state index in [0.29, 0.717) is 23.4 Å². The van der Waals surface area contributed by atoms with Gasteiger partial charge < -0.3 is 15.3 Å². The van der Waals surface area contributed by atoms with Crippen molar-refractivity contribution in [2.24, 2.45) is 5.84 Å². The standard InChI is InChI=1S/C10H14N2O3/c1-2-15-10(14)8-3-7(6-13)4-9(5-8)12-11/h3-5,12-13H,2,6,11H2,1H3. The summed E-state index contributed by atoms with van der Waals surface area (Å²) in [5.41, 5.74) is 3.96. The summed E-state index contributed by atoms with van der Waals surface area (Å²) in [5.74, 6) is 4.81. The molecule has 0 bridgehead atoms. The van der Waals surface area contributed by atoms with Crippen molar-refractivity contribution in [1.29, 1.82) is 0 Å². The van der Waals surface area contributed by atoms with Gasteiger partial charge in [-0.25, -0.2) is 4.79 Å². The van der Waals surface area contributed by atoms with Gasteiger partial charge in [-0.05, 0) is 30.7 Å². The minimum absolute atomic E-state index is 0.151. The van der Waals surface area contributed by atoms with Gasteiger partial charge in [-0.2, -0.15) is 0 Å². The van der Waals surface area contributed by atoms with Gasteiger partial charge in [0.1, 0.15) is 0 Å². The van der Waals surface area contributed by atoms with Gasteiger partial charge in [0.25, 0.3) is 0 Å². The molecule has 0 fully saturated rings. The Morgan fingerprint density at radius 2 is 2.27 bits per heavy atom. The average Bonchev–Trinajstić information content (AvgIpc) is 2.28. The third-order valence-corrected chi connectivity index (χ3v) is 1.85. The van der Waals surface area contributed by atoms with Crippen molar-refractivity contribution in [2.75, 3.05) is 12.0 Å². The largest absolute Gasteiger partial charge is 0.462 e. The average molecular weight is 210 g/mol. The maximum atomic E-state index is 11.4. The fraction of sp³-hybridized carbons (Fsp3) is 0.300. The molecule has 0 saturated carbocycles. The number of hydrogen-bond acceptors (Lipinski definition) is 5. The molecule has 1 aromatic rings. The molecule has 82 valence electrons. The molecule has 4 N–H and O–H groups in total. The molecule has 5 nitrogen and oxygen atoms in total. The van der Waals surface area contributed by atoms with E-state index in [1.54, 1.807) is 25.1 Å². The predicted molar refractivity (Wildman–Crippen MR) is 56.1 cm³/mol. The fourth-order valence-electron chi connectivity index (χ4n) is 1.20. The number of nitrogens with two attached hydrogens (primary N) is 1. The number of carbonyl (C=O) groups is 1. The highest BCUT2D eigenvalue weighted by Crippen LogP contribution is 2.15. The Hall–Kier alpha value is -1.59.